The number of aromatic nitrogens is 2. The summed E-state index contributed by atoms with van der Waals surface area (Å²) in [7, 11) is 0. The summed E-state index contributed by atoms with van der Waals surface area (Å²) in [5, 5.41) is 3.93. The minimum atomic E-state index is -0.517. The van der Waals surface area contributed by atoms with E-state index in [0.717, 1.165) is 12.0 Å². The number of carbonyl (C=O) groups excluding carboxylic acids is 2. The van der Waals surface area contributed by atoms with Crippen molar-refractivity contribution in [3.8, 4) is 11.5 Å². The zero-order valence-electron chi connectivity index (χ0n) is 13.8. The Bertz CT molecular complexity index is 728. The van der Waals surface area contributed by atoms with Gasteiger partial charge in [-0.3, -0.25) is 9.59 Å². The second-order valence-electron chi connectivity index (χ2n) is 5.84. The minimum Gasteiger partial charge on any atom is -0.334 e. The molecule has 1 aliphatic heterocycles. The van der Waals surface area contributed by atoms with Gasteiger partial charge in [-0.25, -0.2) is 0 Å². The third-order valence-corrected chi connectivity index (χ3v) is 4.08. The van der Waals surface area contributed by atoms with Gasteiger partial charge in [-0.1, -0.05) is 30.3 Å². The molecule has 2 heterocycles. The highest BCUT2D eigenvalue weighted by Gasteiger charge is 2.36. The molecule has 1 fully saturated rings. The van der Waals surface area contributed by atoms with Crippen LogP contribution in [0.25, 0.3) is 11.5 Å². The number of benzene rings is 1. The summed E-state index contributed by atoms with van der Waals surface area (Å²) in [5.74, 6) is 0.664. The maximum absolute atomic E-state index is 12.4. The zero-order chi connectivity index (χ0) is 17.1. The largest absolute Gasteiger partial charge is 0.334 e. The average Bonchev–Trinajstić information content (AvgIpc) is 3.06. The molecule has 1 atom stereocenters. The molecule has 3 rings (SSSR count). The fourth-order valence-electron chi connectivity index (χ4n) is 2.80. The lowest BCUT2D eigenvalue weighted by molar-refractivity contribution is -0.155. The molecule has 0 N–H and O–H groups in total. The predicted molar refractivity (Wildman–Crippen MR) is 86.6 cm³/mol. The van der Waals surface area contributed by atoms with Crippen LogP contribution >= 0.6 is 0 Å². The highest BCUT2D eigenvalue weighted by molar-refractivity contribution is 5.94. The monoisotopic (exact) mass is 328 g/mol. The summed E-state index contributed by atoms with van der Waals surface area (Å²) in [6, 6.07) is 8.91. The first-order valence-electron chi connectivity index (χ1n) is 8.06. The third kappa shape index (κ3) is 3.15. The maximum atomic E-state index is 12.4. The van der Waals surface area contributed by atoms with Crippen LogP contribution in [-0.4, -0.2) is 50.9 Å². The Morgan fingerprint density at radius 3 is 2.71 bits per heavy atom. The summed E-state index contributed by atoms with van der Waals surface area (Å²) in [6.07, 6.45) is 0.830. The van der Waals surface area contributed by atoms with Crippen molar-refractivity contribution < 1.29 is 14.1 Å². The molecule has 0 spiro atoms. The Labute approximate surface area is 140 Å². The number of amides is 2. The Morgan fingerprint density at radius 2 is 2.00 bits per heavy atom. The molecule has 2 aromatic rings. The first-order valence-corrected chi connectivity index (χ1v) is 8.06. The van der Waals surface area contributed by atoms with Crippen LogP contribution in [-0.2, 0) is 16.1 Å². The molecule has 24 heavy (non-hydrogen) atoms. The molecule has 1 aromatic heterocycles. The summed E-state index contributed by atoms with van der Waals surface area (Å²) in [4.78, 5) is 32.2. The van der Waals surface area contributed by atoms with Crippen molar-refractivity contribution in [3.05, 3.63) is 36.2 Å². The number of hydrogen-bond acceptors (Lipinski definition) is 5. The number of hydrogen-bond donors (Lipinski definition) is 0. The maximum Gasteiger partial charge on any atom is 0.257 e. The summed E-state index contributed by atoms with van der Waals surface area (Å²) < 4.78 is 5.25. The fraction of sp³-hybridized carbons (Fsp3) is 0.412. The van der Waals surface area contributed by atoms with Crippen molar-refractivity contribution in [1.82, 2.24) is 19.9 Å². The SMILES string of the molecule is CCCN1CC(=O)N(Cc2noc(-c3ccccc3)n2)[C@@H](C)C1=O. The lowest BCUT2D eigenvalue weighted by Gasteiger charge is -2.38. The van der Waals surface area contributed by atoms with Gasteiger partial charge < -0.3 is 14.3 Å². The quantitative estimate of drug-likeness (QED) is 0.835. The molecule has 0 radical (unpaired) electrons. The Kier molecular flexibility index (Phi) is 4.59. The third-order valence-electron chi connectivity index (χ3n) is 4.08. The highest BCUT2D eigenvalue weighted by atomic mass is 16.5. The molecule has 0 saturated carbocycles. The smallest absolute Gasteiger partial charge is 0.257 e. The van der Waals surface area contributed by atoms with E-state index in [-0.39, 0.29) is 24.9 Å². The number of piperazine rings is 1. The lowest BCUT2D eigenvalue weighted by atomic mass is 10.1. The molecule has 1 saturated heterocycles. The second-order valence-corrected chi connectivity index (χ2v) is 5.84. The number of carbonyl (C=O) groups is 2. The minimum absolute atomic E-state index is 0.0387. The highest BCUT2D eigenvalue weighted by Crippen LogP contribution is 2.19. The molecule has 1 aliphatic rings. The van der Waals surface area contributed by atoms with E-state index in [1.54, 1.807) is 11.8 Å². The second kappa shape index (κ2) is 6.82. The van der Waals surface area contributed by atoms with E-state index in [0.29, 0.717) is 18.3 Å². The van der Waals surface area contributed by atoms with Gasteiger partial charge in [0, 0.05) is 12.1 Å². The normalized spacial score (nSPS) is 18.3. The Hall–Kier alpha value is -2.70. The molecular weight excluding hydrogens is 308 g/mol. The first-order chi connectivity index (χ1) is 11.6. The Morgan fingerprint density at radius 1 is 1.25 bits per heavy atom. The molecular formula is C17H20N4O3. The van der Waals surface area contributed by atoms with E-state index in [1.165, 1.54) is 4.90 Å². The number of nitrogens with zero attached hydrogens (tertiary/aromatic N) is 4. The van der Waals surface area contributed by atoms with Gasteiger partial charge in [0.05, 0.1) is 13.1 Å². The molecule has 0 unspecified atom stereocenters. The van der Waals surface area contributed by atoms with Crippen LogP contribution in [0.4, 0.5) is 0 Å². The van der Waals surface area contributed by atoms with Crippen molar-refractivity contribution in [3.63, 3.8) is 0 Å². The van der Waals surface area contributed by atoms with Gasteiger partial charge in [-0.2, -0.15) is 4.98 Å². The van der Waals surface area contributed by atoms with Crippen molar-refractivity contribution >= 4 is 11.8 Å². The molecule has 7 nitrogen and oxygen atoms in total. The molecule has 1 aromatic carbocycles. The van der Waals surface area contributed by atoms with E-state index < -0.39 is 6.04 Å². The van der Waals surface area contributed by atoms with Crippen LogP contribution in [0.15, 0.2) is 34.9 Å². The van der Waals surface area contributed by atoms with Crippen LogP contribution in [0.1, 0.15) is 26.1 Å². The van der Waals surface area contributed by atoms with Gasteiger partial charge in [0.2, 0.25) is 11.8 Å². The summed E-state index contributed by atoms with van der Waals surface area (Å²) >= 11 is 0. The van der Waals surface area contributed by atoms with E-state index in [2.05, 4.69) is 10.1 Å². The van der Waals surface area contributed by atoms with E-state index in [9.17, 15) is 9.59 Å². The van der Waals surface area contributed by atoms with Crippen molar-refractivity contribution in [2.45, 2.75) is 32.9 Å². The van der Waals surface area contributed by atoms with E-state index in [1.807, 2.05) is 37.3 Å². The van der Waals surface area contributed by atoms with Gasteiger partial charge >= 0.3 is 0 Å². The van der Waals surface area contributed by atoms with Gasteiger partial charge in [0.25, 0.3) is 5.89 Å². The van der Waals surface area contributed by atoms with Crippen LogP contribution in [0, 0.1) is 0 Å². The van der Waals surface area contributed by atoms with Crippen molar-refractivity contribution in [1.29, 1.82) is 0 Å². The lowest BCUT2D eigenvalue weighted by Crippen LogP contribution is -2.58. The molecule has 0 bridgehead atoms. The molecule has 2 amide bonds. The van der Waals surface area contributed by atoms with Crippen LogP contribution < -0.4 is 0 Å². The summed E-state index contributed by atoms with van der Waals surface area (Å²) in [6.45, 7) is 4.60. The Balaban J connectivity index is 1.73. The first kappa shape index (κ1) is 16.2. The summed E-state index contributed by atoms with van der Waals surface area (Å²) in [5.41, 5.74) is 0.819. The molecule has 0 aliphatic carbocycles. The van der Waals surface area contributed by atoms with E-state index >= 15 is 0 Å². The van der Waals surface area contributed by atoms with Gasteiger partial charge in [-0.05, 0) is 25.5 Å². The fourth-order valence-corrected chi connectivity index (χ4v) is 2.80. The molecule has 126 valence electrons. The van der Waals surface area contributed by atoms with Crippen LogP contribution in [0.2, 0.25) is 0 Å². The topological polar surface area (TPSA) is 79.5 Å². The van der Waals surface area contributed by atoms with Crippen molar-refractivity contribution in [2.75, 3.05) is 13.1 Å². The van der Waals surface area contributed by atoms with Crippen LogP contribution in [0.3, 0.4) is 0 Å². The average molecular weight is 328 g/mol. The van der Waals surface area contributed by atoms with Crippen molar-refractivity contribution in [2.24, 2.45) is 0 Å². The molecule has 7 heteroatoms. The van der Waals surface area contributed by atoms with Gasteiger partial charge in [-0.15, -0.1) is 0 Å². The van der Waals surface area contributed by atoms with Crippen LogP contribution in [0.5, 0.6) is 0 Å². The standard InChI is InChI=1S/C17H20N4O3/c1-3-9-20-11-15(22)21(12(2)17(20)23)10-14-18-16(24-19-14)13-7-5-4-6-8-13/h4-8,12H,3,9-11H2,1-2H3/t12-/m0/s1. The number of rotatable bonds is 5. The predicted octanol–water partition coefficient (Wildman–Crippen LogP) is 1.71. The zero-order valence-corrected chi connectivity index (χ0v) is 13.8. The van der Waals surface area contributed by atoms with E-state index in [4.69, 9.17) is 4.52 Å². The van der Waals surface area contributed by atoms with Gasteiger partial charge in [0.15, 0.2) is 5.82 Å². The van der Waals surface area contributed by atoms with Gasteiger partial charge in [0.1, 0.15) is 6.04 Å².